The second-order valence-corrected chi connectivity index (χ2v) is 11.5. The number of carbonyl (C=O) groups excluding carboxylic acids is 1. The summed E-state index contributed by atoms with van der Waals surface area (Å²) in [6, 6.07) is 3.21. The van der Waals surface area contributed by atoms with Gasteiger partial charge in [0.05, 0.1) is 29.4 Å². The Kier molecular flexibility index (Phi) is 7.53. The molecule has 0 unspecified atom stereocenters. The first-order valence-corrected chi connectivity index (χ1v) is 14.1. The molecule has 0 radical (unpaired) electrons. The summed E-state index contributed by atoms with van der Waals surface area (Å²) in [6.07, 6.45) is -3.50. The number of carbonyl (C=O) groups is 1. The summed E-state index contributed by atoms with van der Waals surface area (Å²) in [4.78, 5) is 38.6. The minimum atomic E-state index is -4.74. The van der Waals surface area contributed by atoms with Crippen LogP contribution in [0, 0.1) is 6.92 Å². The van der Waals surface area contributed by atoms with E-state index in [0.29, 0.717) is 21.7 Å². The predicted molar refractivity (Wildman–Crippen MR) is 153 cm³/mol. The lowest BCUT2D eigenvalue weighted by molar-refractivity contribution is -0.137. The molecule has 9 nitrogen and oxygen atoms in total. The minimum Gasteiger partial charge on any atom is -0.384 e. The quantitative estimate of drug-likeness (QED) is 0.441. The van der Waals surface area contributed by atoms with Crippen LogP contribution < -0.4 is 16.3 Å². The largest absolute Gasteiger partial charge is 0.417 e. The van der Waals surface area contributed by atoms with Gasteiger partial charge in [0, 0.05) is 53.9 Å². The second-order valence-electron chi connectivity index (χ2n) is 10.5. The first kappa shape index (κ1) is 28.9. The summed E-state index contributed by atoms with van der Waals surface area (Å²) >= 11 is 1.24. The van der Waals surface area contributed by atoms with Crippen LogP contribution >= 0.6 is 11.8 Å². The maximum atomic E-state index is 14.8. The van der Waals surface area contributed by atoms with Crippen molar-refractivity contribution in [2.75, 3.05) is 43.2 Å². The standard InChI is InChI=1S/C28H31F3N6O3S/c1-6-21(38)36-15(3)10-35(11-16(36)4)26-18-9-19(28(29,30)31)22(23-14(2)7-8-20(32)33-23)25-24(18)37(27(39)34-26)17(12-40-5)13-41-25/h6-9,15-17H,1,10-13H2,2-5H3,(H2,32,33)/t15-,16+,17-/m0/s1. The Labute approximate surface area is 239 Å². The number of nitrogens with zero attached hydrogens (tertiary/aromatic N) is 5. The highest BCUT2D eigenvalue weighted by Gasteiger charge is 2.41. The lowest BCUT2D eigenvalue weighted by atomic mass is 9.96. The van der Waals surface area contributed by atoms with Crippen molar-refractivity contribution in [2.45, 2.75) is 50.0 Å². The molecule has 2 N–H and O–H groups in total. The Morgan fingerprint density at radius 3 is 2.54 bits per heavy atom. The number of hydrogen-bond donors (Lipinski definition) is 1. The Hall–Kier alpha value is -3.58. The van der Waals surface area contributed by atoms with E-state index in [1.54, 1.807) is 22.8 Å². The number of nitrogen functional groups attached to an aromatic ring is 1. The van der Waals surface area contributed by atoms with Crippen molar-refractivity contribution in [3.8, 4) is 11.3 Å². The summed E-state index contributed by atoms with van der Waals surface area (Å²) in [5.74, 6) is 0.317. The average Bonchev–Trinajstić information content (AvgIpc) is 2.91. The SMILES string of the molecule is C=CC(=O)N1[C@H](C)CN(c2nc(=O)n3c4c(c(-c5nc(N)ccc5C)c(C(F)(F)F)cc24)SC[C@@H]3COC)C[C@@H]1C. The summed E-state index contributed by atoms with van der Waals surface area (Å²) in [5, 5.41) is 0.202. The van der Waals surface area contributed by atoms with Crippen molar-refractivity contribution in [3.05, 3.63) is 52.5 Å². The molecule has 2 aliphatic heterocycles. The van der Waals surface area contributed by atoms with Crippen LogP contribution in [0.2, 0.25) is 0 Å². The molecular weight excluding hydrogens is 557 g/mol. The monoisotopic (exact) mass is 588 g/mol. The molecule has 3 aromatic rings. The molecule has 218 valence electrons. The number of thioether (sulfide) groups is 1. The molecule has 13 heteroatoms. The smallest absolute Gasteiger partial charge is 0.384 e. The highest BCUT2D eigenvalue weighted by molar-refractivity contribution is 7.99. The molecule has 3 atom stereocenters. The van der Waals surface area contributed by atoms with Crippen molar-refractivity contribution < 1.29 is 22.7 Å². The molecule has 2 aromatic heterocycles. The third kappa shape index (κ3) is 4.94. The summed E-state index contributed by atoms with van der Waals surface area (Å²) in [6.45, 7) is 9.69. The van der Waals surface area contributed by atoms with Gasteiger partial charge in [0.15, 0.2) is 0 Å². The lowest BCUT2D eigenvalue weighted by Gasteiger charge is -2.45. The van der Waals surface area contributed by atoms with Gasteiger partial charge in [-0.1, -0.05) is 12.6 Å². The van der Waals surface area contributed by atoms with Gasteiger partial charge in [0.1, 0.15) is 11.6 Å². The maximum Gasteiger partial charge on any atom is 0.417 e. The van der Waals surface area contributed by atoms with Gasteiger partial charge < -0.3 is 20.3 Å². The van der Waals surface area contributed by atoms with Crippen LogP contribution in [0.1, 0.15) is 31.0 Å². The Morgan fingerprint density at radius 2 is 1.93 bits per heavy atom. The Bertz CT molecular complexity index is 1600. The van der Waals surface area contributed by atoms with E-state index in [9.17, 15) is 22.8 Å². The number of halogens is 3. The van der Waals surface area contributed by atoms with Gasteiger partial charge in [-0.05, 0) is 44.5 Å². The molecule has 4 heterocycles. The van der Waals surface area contributed by atoms with Crippen LogP contribution in [-0.4, -0.2) is 70.0 Å². The first-order valence-electron chi connectivity index (χ1n) is 13.1. The topological polar surface area (TPSA) is 107 Å². The average molecular weight is 589 g/mol. The zero-order valence-corrected chi connectivity index (χ0v) is 24.0. The van der Waals surface area contributed by atoms with Crippen LogP contribution in [0.15, 0.2) is 40.5 Å². The van der Waals surface area contributed by atoms with Gasteiger partial charge in [-0.15, -0.1) is 11.8 Å². The number of pyridine rings is 1. The number of piperazine rings is 1. The highest BCUT2D eigenvalue weighted by atomic mass is 32.2. The van der Waals surface area contributed by atoms with E-state index in [4.69, 9.17) is 10.5 Å². The number of ether oxygens (including phenoxy) is 1. The number of nitrogens with two attached hydrogens (primary N) is 1. The third-order valence-corrected chi connectivity index (χ3v) is 8.83. The summed E-state index contributed by atoms with van der Waals surface area (Å²) < 4.78 is 51.3. The summed E-state index contributed by atoms with van der Waals surface area (Å²) in [7, 11) is 1.51. The zero-order valence-electron chi connectivity index (χ0n) is 23.2. The van der Waals surface area contributed by atoms with Crippen molar-refractivity contribution in [1.29, 1.82) is 0 Å². The van der Waals surface area contributed by atoms with Crippen LogP contribution in [0.25, 0.3) is 22.2 Å². The molecule has 41 heavy (non-hydrogen) atoms. The van der Waals surface area contributed by atoms with Crippen molar-refractivity contribution in [3.63, 3.8) is 0 Å². The molecule has 1 aromatic carbocycles. The molecule has 1 fully saturated rings. The molecule has 2 aliphatic rings. The van der Waals surface area contributed by atoms with Crippen molar-refractivity contribution in [2.24, 2.45) is 0 Å². The van der Waals surface area contributed by atoms with Gasteiger partial charge in [-0.3, -0.25) is 9.36 Å². The molecule has 5 rings (SSSR count). The maximum absolute atomic E-state index is 14.8. The molecule has 0 bridgehead atoms. The van der Waals surface area contributed by atoms with E-state index in [0.717, 1.165) is 6.07 Å². The first-order chi connectivity index (χ1) is 19.4. The Balaban J connectivity index is 1.84. The van der Waals surface area contributed by atoms with Crippen LogP contribution in [-0.2, 0) is 15.7 Å². The number of aryl methyl sites for hydroxylation is 1. The number of aromatic nitrogens is 3. The number of methoxy groups -OCH3 is 1. The van der Waals surface area contributed by atoms with Crippen molar-refractivity contribution >= 4 is 40.2 Å². The second kappa shape index (κ2) is 10.7. The van der Waals surface area contributed by atoms with E-state index in [1.165, 1.54) is 35.6 Å². The molecule has 0 saturated carbocycles. The van der Waals surface area contributed by atoms with Gasteiger partial charge in [-0.25, -0.2) is 9.78 Å². The van der Waals surface area contributed by atoms with Gasteiger partial charge >= 0.3 is 11.9 Å². The van der Waals surface area contributed by atoms with Crippen LogP contribution in [0.4, 0.5) is 24.8 Å². The van der Waals surface area contributed by atoms with Gasteiger partial charge in [-0.2, -0.15) is 18.2 Å². The summed E-state index contributed by atoms with van der Waals surface area (Å²) in [5.41, 5.74) is 5.35. The number of amides is 1. The predicted octanol–water partition coefficient (Wildman–Crippen LogP) is 4.27. The highest BCUT2D eigenvalue weighted by Crippen LogP contribution is 2.50. The number of hydrogen-bond acceptors (Lipinski definition) is 8. The molecule has 1 saturated heterocycles. The fourth-order valence-corrected chi connectivity index (χ4v) is 7.24. The van der Waals surface area contributed by atoms with E-state index in [2.05, 4.69) is 16.5 Å². The van der Waals surface area contributed by atoms with Crippen molar-refractivity contribution in [1.82, 2.24) is 19.4 Å². The van der Waals surface area contributed by atoms with Crippen LogP contribution in [0.5, 0.6) is 0 Å². The number of anilines is 2. The Morgan fingerprint density at radius 1 is 1.24 bits per heavy atom. The van der Waals surface area contributed by atoms with E-state index in [-0.39, 0.29) is 66.0 Å². The van der Waals surface area contributed by atoms with Crippen LogP contribution in [0.3, 0.4) is 0 Å². The number of rotatable bonds is 5. The fraction of sp³-hybridized carbons (Fsp3) is 0.429. The normalized spacial score (nSPS) is 20.9. The molecule has 1 amide bonds. The van der Waals surface area contributed by atoms with Gasteiger partial charge in [0.2, 0.25) is 5.91 Å². The van der Waals surface area contributed by atoms with E-state index >= 15 is 0 Å². The number of benzene rings is 1. The molecular formula is C28H31F3N6O3S. The number of alkyl halides is 3. The molecule has 0 spiro atoms. The third-order valence-electron chi connectivity index (χ3n) is 7.60. The van der Waals surface area contributed by atoms with Gasteiger partial charge in [0.25, 0.3) is 0 Å². The zero-order chi connectivity index (χ0) is 29.8. The minimum absolute atomic E-state index is 0.0896. The molecule has 0 aliphatic carbocycles. The van der Waals surface area contributed by atoms with E-state index < -0.39 is 23.5 Å². The fourth-order valence-electron chi connectivity index (χ4n) is 5.94. The van der Waals surface area contributed by atoms with E-state index in [1.807, 2.05) is 13.8 Å². The lowest BCUT2D eigenvalue weighted by Crippen LogP contribution is -2.58.